The molecule has 0 amide bonds. The second kappa shape index (κ2) is 6.25. The Kier molecular flexibility index (Phi) is 4.97. The number of carbonyl (C=O) groups is 1. The van der Waals surface area contributed by atoms with Crippen LogP contribution in [0.3, 0.4) is 0 Å². The lowest BCUT2D eigenvalue weighted by Gasteiger charge is -2.14. The average Bonchev–Trinajstić information content (AvgIpc) is 2.30. The largest absolute Gasteiger partial charge is 0.480 e. The molecule has 0 saturated heterocycles. The first-order valence-corrected chi connectivity index (χ1v) is 5.78. The number of aliphatic carboxylic acids is 1. The Morgan fingerprint density at radius 1 is 1.29 bits per heavy atom. The van der Waals surface area contributed by atoms with Crippen LogP contribution in [0, 0.1) is 0 Å². The molecule has 0 saturated carbocycles. The van der Waals surface area contributed by atoms with Gasteiger partial charge in [-0.25, -0.2) is 0 Å². The zero-order chi connectivity index (χ0) is 12.8. The quantitative estimate of drug-likeness (QED) is 0.706. The van der Waals surface area contributed by atoms with Crippen LogP contribution in [-0.2, 0) is 4.79 Å². The highest BCUT2D eigenvalue weighted by Crippen LogP contribution is 2.16. The summed E-state index contributed by atoms with van der Waals surface area (Å²) in [6.45, 7) is 4.65. The molecular formula is C13H20N2O2. The van der Waals surface area contributed by atoms with Gasteiger partial charge in [0.05, 0.1) is 0 Å². The van der Waals surface area contributed by atoms with Crippen molar-refractivity contribution in [3.05, 3.63) is 29.8 Å². The van der Waals surface area contributed by atoms with Gasteiger partial charge in [0.2, 0.25) is 0 Å². The smallest absolute Gasteiger partial charge is 0.322 e. The minimum absolute atomic E-state index is 0.368. The van der Waals surface area contributed by atoms with Gasteiger partial charge in [0.15, 0.2) is 0 Å². The molecule has 0 bridgehead atoms. The molecule has 4 heteroatoms. The van der Waals surface area contributed by atoms with Crippen molar-refractivity contribution in [2.75, 3.05) is 18.9 Å². The van der Waals surface area contributed by atoms with Gasteiger partial charge in [-0.2, -0.15) is 0 Å². The van der Waals surface area contributed by atoms with E-state index in [9.17, 15) is 4.79 Å². The Hall–Kier alpha value is -1.55. The van der Waals surface area contributed by atoms with Crippen molar-refractivity contribution in [3.8, 4) is 0 Å². The highest BCUT2D eigenvalue weighted by atomic mass is 16.4. The summed E-state index contributed by atoms with van der Waals surface area (Å²) >= 11 is 0. The molecule has 0 aliphatic carbocycles. The number of rotatable bonds is 6. The maximum atomic E-state index is 10.8. The van der Waals surface area contributed by atoms with Crippen LogP contribution in [0.4, 0.5) is 5.69 Å². The minimum atomic E-state index is -0.848. The van der Waals surface area contributed by atoms with Gasteiger partial charge in [-0.1, -0.05) is 26.0 Å². The van der Waals surface area contributed by atoms with E-state index in [1.165, 1.54) is 5.56 Å². The Morgan fingerprint density at radius 3 is 2.29 bits per heavy atom. The van der Waals surface area contributed by atoms with Crippen molar-refractivity contribution in [3.63, 3.8) is 0 Å². The SMILES string of the molecule is CNC(CNc1ccc(C(C)C)cc1)C(=O)O. The lowest BCUT2D eigenvalue weighted by Crippen LogP contribution is -2.39. The van der Waals surface area contributed by atoms with E-state index in [0.29, 0.717) is 12.5 Å². The Balaban J connectivity index is 2.55. The van der Waals surface area contributed by atoms with Gasteiger partial charge in [0.1, 0.15) is 6.04 Å². The zero-order valence-electron chi connectivity index (χ0n) is 10.5. The van der Waals surface area contributed by atoms with Crippen LogP contribution in [0.5, 0.6) is 0 Å². The molecule has 0 aromatic heterocycles. The summed E-state index contributed by atoms with van der Waals surface area (Å²) < 4.78 is 0. The van der Waals surface area contributed by atoms with E-state index in [1.807, 2.05) is 12.1 Å². The van der Waals surface area contributed by atoms with Crippen molar-refractivity contribution in [1.82, 2.24) is 5.32 Å². The molecule has 0 spiro atoms. The average molecular weight is 236 g/mol. The summed E-state index contributed by atoms with van der Waals surface area (Å²) in [5.41, 5.74) is 2.22. The van der Waals surface area contributed by atoms with E-state index in [0.717, 1.165) is 5.69 Å². The predicted octanol–water partition coefficient (Wildman–Crippen LogP) is 1.89. The Morgan fingerprint density at radius 2 is 1.88 bits per heavy atom. The summed E-state index contributed by atoms with van der Waals surface area (Å²) in [5, 5.41) is 14.7. The van der Waals surface area contributed by atoms with Crippen molar-refractivity contribution >= 4 is 11.7 Å². The fourth-order valence-electron chi connectivity index (χ4n) is 1.52. The van der Waals surface area contributed by atoms with Gasteiger partial charge in [-0.3, -0.25) is 4.79 Å². The van der Waals surface area contributed by atoms with Crippen LogP contribution in [0.1, 0.15) is 25.3 Å². The fourth-order valence-corrected chi connectivity index (χ4v) is 1.52. The van der Waals surface area contributed by atoms with Crippen molar-refractivity contribution < 1.29 is 9.90 Å². The van der Waals surface area contributed by atoms with Gasteiger partial charge >= 0.3 is 5.97 Å². The molecule has 4 nitrogen and oxygen atoms in total. The topological polar surface area (TPSA) is 61.4 Å². The maximum Gasteiger partial charge on any atom is 0.322 e. The maximum absolute atomic E-state index is 10.8. The first kappa shape index (κ1) is 13.5. The third-order valence-electron chi connectivity index (χ3n) is 2.73. The molecule has 1 rings (SSSR count). The number of nitrogens with one attached hydrogen (secondary N) is 2. The van der Waals surface area contributed by atoms with Crippen LogP contribution in [0.15, 0.2) is 24.3 Å². The van der Waals surface area contributed by atoms with Gasteiger partial charge in [-0.15, -0.1) is 0 Å². The van der Waals surface area contributed by atoms with E-state index >= 15 is 0 Å². The second-order valence-corrected chi connectivity index (χ2v) is 4.34. The molecule has 1 unspecified atom stereocenters. The van der Waals surface area contributed by atoms with Crippen molar-refractivity contribution in [2.24, 2.45) is 0 Å². The molecule has 0 aliphatic rings. The van der Waals surface area contributed by atoms with Crippen molar-refractivity contribution in [2.45, 2.75) is 25.8 Å². The number of benzene rings is 1. The van der Waals surface area contributed by atoms with E-state index in [2.05, 4.69) is 36.6 Å². The lowest BCUT2D eigenvalue weighted by molar-refractivity contribution is -0.138. The van der Waals surface area contributed by atoms with E-state index in [-0.39, 0.29) is 0 Å². The van der Waals surface area contributed by atoms with Gasteiger partial charge < -0.3 is 15.7 Å². The third kappa shape index (κ3) is 4.07. The number of likely N-dealkylation sites (N-methyl/N-ethyl adjacent to an activating group) is 1. The summed E-state index contributed by atoms with van der Waals surface area (Å²) in [5.74, 6) is -0.341. The summed E-state index contributed by atoms with van der Waals surface area (Å²) in [4.78, 5) is 10.8. The minimum Gasteiger partial charge on any atom is -0.480 e. The molecule has 0 fully saturated rings. The standard InChI is InChI=1S/C13H20N2O2/c1-9(2)10-4-6-11(7-5-10)15-8-12(14-3)13(16)17/h4-7,9,12,14-15H,8H2,1-3H3,(H,16,17). The molecule has 0 radical (unpaired) electrons. The number of hydrogen-bond acceptors (Lipinski definition) is 3. The molecule has 1 aromatic rings. The van der Waals surface area contributed by atoms with E-state index in [4.69, 9.17) is 5.11 Å². The molecule has 1 aromatic carbocycles. The number of anilines is 1. The van der Waals surface area contributed by atoms with Crippen molar-refractivity contribution in [1.29, 1.82) is 0 Å². The van der Waals surface area contributed by atoms with Crippen LogP contribution >= 0.6 is 0 Å². The Labute approximate surface area is 102 Å². The molecule has 0 heterocycles. The van der Waals surface area contributed by atoms with Crippen LogP contribution in [0.2, 0.25) is 0 Å². The first-order valence-electron chi connectivity index (χ1n) is 5.78. The molecular weight excluding hydrogens is 216 g/mol. The number of hydrogen-bond donors (Lipinski definition) is 3. The molecule has 0 aliphatic heterocycles. The number of carboxylic acids is 1. The first-order chi connectivity index (χ1) is 8.04. The van der Waals surface area contributed by atoms with Crippen LogP contribution < -0.4 is 10.6 Å². The zero-order valence-corrected chi connectivity index (χ0v) is 10.5. The highest BCUT2D eigenvalue weighted by Gasteiger charge is 2.13. The van der Waals surface area contributed by atoms with E-state index in [1.54, 1.807) is 7.05 Å². The Bertz CT molecular complexity index is 360. The molecule has 1 atom stereocenters. The fraction of sp³-hybridized carbons (Fsp3) is 0.462. The lowest BCUT2D eigenvalue weighted by atomic mass is 10.0. The van der Waals surface area contributed by atoms with Gasteiger partial charge in [-0.05, 0) is 30.7 Å². The van der Waals surface area contributed by atoms with Gasteiger partial charge in [0.25, 0.3) is 0 Å². The molecule has 94 valence electrons. The summed E-state index contributed by atoms with van der Waals surface area (Å²) in [7, 11) is 1.64. The third-order valence-corrected chi connectivity index (χ3v) is 2.73. The summed E-state index contributed by atoms with van der Waals surface area (Å²) in [6, 6.07) is 7.50. The number of carboxylic acid groups (broad SMARTS) is 1. The van der Waals surface area contributed by atoms with Crippen LogP contribution in [-0.4, -0.2) is 30.7 Å². The normalized spacial score (nSPS) is 12.5. The van der Waals surface area contributed by atoms with E-state index < -0.39 is 12.0 Å². The monoisotopic (exact) mass is 236 g/mol. The van der Waals surface area contributed by atoms with Crippen LogP contribution in [0.25, 0.3) is 0 Å². The predicted molar refractivity (Wildman–Crippen MR) is 69.5 cm³/mol. The van der Waals surface area contributed by atoms with Gasteiger partial charge in [0, 0.05) is 12.2 Å². The highest BCUT2D eigenvalue weighted by molar-refractivity contribution is 5.74. The molecule has 17 heavy (non-hydrogen) atoms. The second-order valence-electron chi connectivity index (χ2n) is 4.34. The molecule has 3 N–H and O–H groups in total. The summed E-state index contributed by atoms with van der Waals surface area (Å²) in [6.07, 6.45) is 0.